The summed E-state index contributed by atoms with van der Waals surface area (Å²) in [6, 6.07) is 6.13. The van der Waals surface area contributed by atoms with Crippen molar-refractivity contribution in [3.05, 3.63) is 22.7 Å². The third kappa shape index (κ3) is 1.31. The zero-order valence-electron chi connectivity index (χ0n) is 7.50. The summed E-state index contributed by atoms with van der Waals surface area (Å²) in [7, 11) is 3.82. The van der Waals surface area contributed by atoms with Crippen LogP contribution in [0.25, 0.3) is 10.9 Å². The molecule has 2 rings (SSSR count). The summed E-state index contributed by atoms with van der Waals surface area (Å²) in [5, 5.41) is 8.54. The molecule has 1 N–H and O–H groups in total. The van der Waals surface area contributed by atoms with Crippen LogP contribution < -0.4 is 5.32 Å². The lowest BCUT2D eigenvalue weighted by atomic mass is 10.2. The molecular formula is C9H10BrN3. The van der Waals surface area contributed by atoms with Crippen molar-refractivity contribution in [3.8, 4) is 0 Å². The molecule has 0 spiro atoms. The third-order valence-electron chi connectivity index (χ3n) is 2.05. The van der Waals surface area contributed by atoms with E-state index in [1.54, 1.807) is 0 Å². The van der Waals surface area contributed by atoms with Gasteiger partial charge in [-0.25, -0.2) is 0 Å². The second kappa shape index (κ2) is 3.03. The van der Waals surface area contributed by atoms with E-state index in [2.05, 4.69) is 38.5 Å². The number of benzene rings is 1. The largest absolute Gasteiger partial charge is 0.371 e. The smallest absolute Gasteiger partial charge is 0.155 e. The van der Waals surface area contributed by atoms with Crippen molar-refractivity contribution < 1.29 is 0 Å². The van der Waals surface area contributed by atoms with Crippen molar-refractivity contribution in [3.63, 3.8) is 0 Å². The third-order valence-corrected chi connectivity index (χ3v) is 2.54. The fraction of sp³-hybridized carbons (Fsp3) is 0.222. The molecule has 13 heavy (non-hydrogen) atoms. The Kier molecular flexibility index (Phi) is 2.00. The zero-order chi connectivity index (χ0) is 9.42. The van der Waals surface area contributed by atoms with E-state index in [0.717, 1.165) is 21.2 Å². The molecule has 0 saturated heterocycles. The number of nitrogens with zero attached hydrogens (tertiary/aromatic N) is 2. The quantitative estimate of drug-likeness (QED) is 0.829. The fourth-order valence-corrected chi connectivity index (χ4v) is 1.76. The van der Waals surface area contributed by atoms with E-state index in [1.165, 1.54) is 0 Å². The molecule has 1 heterocycles. The molecule has 0 aliphatic heterocycles. The second-order valence-electron chi connectivity index (χ2n) is 2.88. The maximum absolute atomic E-state index is 4.33. The first-order valence-corrected chi connectivity index (χ1v) is 4.81. The van der Waals surface area contributed by atoms with Crippen molar-refractivity contribution in [2.24, 2.45) is 7.05 Å². The monoisotopic (exact) mass is 239 g/mol. The van der Waals surface area contributed by atoms with Gasteiger partial charge in [0.2, 0.25) is 0 Å². The Balaban J connectivity index is 2.80. The van der Waals surface area contributed by atoms with Crippen LogP contribution in [0.4, 0.5) is 5.82 Å². The lowest BCUT2D eigenvalue weighted by Gasteiger charge is -1.94. The van der Waals surface area contributed by atoms with Gasteiger partial charge in [-0.05, 0) is 18.2 Å². The van der Waals surface area contributed by atoms with Crippen LogP contribution in [0.3, 0.4) is 0 Å². The summed E-state index contributed by atoms with van der Waals surface area (Å²) in [5.41, 5.74) is 1.12. The Labute approximate surface area is 84.9 Å². The van der Waals surface area contributed by atoms with Crippen molar-refractivity contribution in [1.29, 1.82) is 0 Å². The van der Waals surface area contributed by atoms with E-state index < -0.39 is 0 Å². The molecule has 0 radical (unpaired) electrons. The average molecular weight is 240 g/mol. The number of hydrogen-bond donors (Lipinski definition) is 1. The first-order chi connectivity index (χ1) is 6.22. The lowest BCUT2D eigenvalue weighted by Crippen LogP contribution is -1.92. The molecule has 0 bridgehead atoms. The molecule has 68 valence electrons. The minimum Gasteiger partial charge on any atom is -0.371 e. The van der Waals surface area contributed by atoms with Crippen molar-refractivity contribution in [2.45, 2.75) is 0 Å². The highest BCUT2D eigenvalue weighted by molar-refractivity contribution is 9.10. The van der Waals surface area contributed by atoms with Gasteiger partial charge in [-0.1, -0.05) is 15.9 Å². The summed E-state index contributed by atoms with van der Waals surface area (Å²) >= 11 is 3.44. The molecule has 0 fully saturated rings. The highest BCUT2D eigenvalue weighted by Crippen LogP contribution is 2.24. The molecule has 0 saturated carbocycles. The number of rotatable bonds is 1. The van der Waals surface area contributed by atoms with Gasteiger partial charge >= 0.3 is 0 Å². The van der Waals surface area contributed by atoms with Gasteiger partial charge in [0, 0.05) is 24.0 Å². The number of aryl methyl sites for hydroxylation is 1. The molecule has 0 aliphatic rings. The first kappa shape index (κ1) is 8.56. The number of hydrogen-bond acceptors (Lipinski definition) is 2. The number of aromatic nitrogens is 2. The number of fused-ring (bicyclic) bond motifs is 1. The van der Waals surface area contributed by atoms with E-state index in [9.17, 15) is 0 Å². The fourth-order valence-electron chi connectivity index (χ4n) is 1.42. The van der Waals surface area contributed by atoms with E-state index in [1.807, 2.05) is 24.8 Å². The standard InChI is InChI=1S/C9H10BrN3/c1-11-9-7-4-3-6(10)5-8(7)13(2)12-9/h3-5H,1-2H3,(H,11,12). The predicted molar refractivity (Wildman–Crippen MR) is 58.0 cm³/mol. The molecule has 3 nitrogen and oxygen atoms in total. The van der Waals surface area contributed by atoms with Crippen LogP contribution in [0.15, 0.2) is 22.7 Å². The molecule has 0 amide bonds. The molecule has 0 aliphatic carbocycles. The van der Waals surface area contributed by atoms with Gasteiger partial charge < -0.3 is 5.32 Å². The van der Waals surface area contributed by atoms with Crippen molar-refractivity contribution in [1.82, 2.24) is 9.78 Å². The van der Waals surface area contributed by atoms with Crippen LogP contribution in [0.2, 0.25) is 0 Å². The number of halogens is 1. The summed E-state index contributed by atoms with van der Waals surface area (Å²) in [6.45, 7) is 0. The maximum Gasteiger partial charge on any atom is 0.155 e. The SMILES string of the molecule is CNc1nn(C)c2cc(Br)ccc12. The van der Waals surface area contributed by atoms with Gasteiger partial charge in [0.1, 0.15) is 0 Å². The van der Waals surface area contributed by atoms with E-state index >= 15 is 0 Å². The molecule has 4 heteroatoms. The minimum atomic E-state index is 0.921. The molecule has 1 aromatic heterocycles. The van der Waals surface area contributed by atoms with Gasteiger partial charge in [-0.2, -0.15) is 5.10 Å². The lowest BCUT2D eigenvalue weighted by molar-refractivity contribution is 0.800. The Morgan fingerprint density at radius 2 is 2.23 bits per heavy atom. The van der Waals surface area contributed by atoms with Crippen LogP contribution >= 0.6 is 15.9 Å². The van der Waals surface area contributed by atoms with Gasteiger partial charge in [-0.15, -0.1) is 0 Å². The van der Waals surface area contributed by atoms with Crippen LogP contribution in [-0.4, -0.2) is 16.8 Å². The Bertz CT molecular complexity index is 447. The van der Waals surface area contributed by atoms with Gasteiger partial charge in [0.05, 0.1) is 5.52 Å². The van der Waals surface area contributed by atoms with E-state index in [4.69, 9.17) is 0 Å². The molecule has 1 aromatic carbocycles. The van der Waals surface area contributed by atoms with Crippen LogP contribution in [0, 0.1) is 0 Å². The minimum absolute atomic E-state index is 0.921. The molecule has 2 aromatic rings. The van der Waals surface area contributed by atoms with Crippen molar-refractivity contribution >= 4 is 32.7 Å². The van der Waals surface area contributed by atoms with Gasteiger partial charge in [0.15, 0.2) is 5.82 Å². The van der Waals surface area contributed by atoms with E-state index in [-0.39, 0.29) is 0 Å². The summed E-state index contributed by atoms with van der Waals surface area (Å²) in [4.78, 5) is 0. The Morgan fingerprint density at radius 1 is 1.46 bits per heavy atom. The molecule has 0 unspecified atom stereocenters. The molecular weight excluding hydrogens is 230 g/mol. The summed E-state index contributed by atoms with van der Waals surface area (Å²) in [5.74, 6) is 0.921. The normalized spacial score (nSPS) is 10.7. The first-order valence-electron chi connectivity index (χ1n) is 4.02. The highest BCUT2D eigenvalue weighted by Gasteiger charge is 2.06. The predicted octanol–water partition coefficient (Wildman–Crippen LogP) is 2.38. The van der Waals surface area contributed by atoms with Crippen LogP contribution in [0.5, 0.6) is 0 Å². The summed E-state index contributed by atoms with van der Waals surface area (Å²) in [6.07, 6.45) is 0. The van der Waals surface area contributed by atoms with Crippen molar-refractivity contribution in [2.75, 3.05) is 12.4 Å². The zero-order valence-corrected chi connectivity index (χ0v) is 9.09. The van der Waals surface area contributed by atoms with Gasteiger partial charge in [-0.3, -0.25) is 4.68 Å². The summed E-state index contributed by atoms with van der Waals surface area (Å²) < 4.78 is 2.94. The maximum atomic E-state index is 4.33. The topological polar surface area (TPSA) is 29.9 Å². The molecule has 0 atom stereocenters. The van der Waals surface area contributed by atoms with Crippen LogP contribution in [-0.2, 0) is 7.05 Å². The highest BCUT2D eigenvalue weighted by atomic mass is 79.9. The second-order valence-corrected chi connectivity index (χ2v) is 3.80. The Hall–Kier alpha value is -1.03. The average Bonchev–Trinajstić information content (AvgIpc) is 2.43. The van der Waals surface area contributed by atoms with Gasteiger partial charge in [0.25, 0.3) is 0 Å². The Morgan fingerprint density at radius 3 is 2.92 bits per heavy atom. The number of nitrogens with one attached hydrogen (secondary N) is 1. The number of anilines is 1. The van der Waals surface area contributed by atoms with E-state index in [0.29, 0.717) is 0 Å². The van der Waals surface area contributed by atoms with Crippen LogP contribution in [0.1, 0.15) is 0 Å².